The van der Waals surface area contributed by atoms with Gasteiger partial charge >= 0.3 is 0 Å². The van der Waals surface area contributed by atoms with Gasteiger partial charge in [-0.3, -0.25) is 19.7 Å². The van der Waals surface area contributed by atoms with Gasteiger partial charge in [0.2, 0.25) is 0 Å². The molecule has 148 valence electrons. The summed E-state index contributed by atoms with van der Waals surface area (Å²) in [7, 11) is 1.73. The first-order chi connectivity index (χ1) is 13.2. The highest BCUT2D eigenvalue weighted by molar-refractivity contribution is 5.96. The lowest BCUT2D eigenvalue weighted by Crippen LogP contribution is -3.14. The van der Waals surface area contributed by atoms with Gasteiger partial charge in [-0.1, -0.05) is 24.3 Å². The van der Waals surface area contributed by atoms with Gasteiger partial charge in [-0.25, -0.2) is 0 Å². The van der Waals surface area contributed by atoms with E-state index in [0.717, 1.165) is 16.8 Å². The van der Waals surface area contributed by atoms with E-state index in [-0.39, 0.29) is 23.8 Å². The molecule has 0 aliphatic rings. The van der Waals surface area contributed by atoms with Gasteiger partial charge < -0.3 is 15.5 Å². The molecule has 28 heavy (non-hydrogen) atoms. The first kappa shape index (κ1) is 21.0. The quantitative estimate of drug-likeness (QED) is 0.498. The van der Waals surface area contributed by atoms with Gasteiger partial charge in [0.15, 0.2) is 12.6 Å². The molecular formula is C20H25N4O4+. The Morgan fingerprint density at radius 3 is 2.39 bits per heavy atom. The lowest BCUT2D eigenvalue weighted by Gasteiger charge is -2.21. The number of carbonyl (C=O) groups excluding carboxylic acids is 2. The maximum Gasteiger partial charge on any atom is 0.292 e. The van der Waals surface area contributed by atoms with E-state index >= 15 is 0 Å². The van der Waals surface area contributed by atoms with Crippen molar-refractivity contribution in [2.45, 2.75) is 26.8 Å². The highest BCUT2D eigenvalue weighted by atomic mass is 16.6. The van der Waals surface area contributed by atoms with E-state index in [4.69, 9.17) is 0 Å². The minimum atomic E-state index is -0.579. The molecule has 0 radical (unpaired) electrons. The molecule has 0 spiro atoms. The van der Waals surface area contributed by atoms with Crippen molar-refractivity contribution in [3.63, 3.8) is 0 Å². The van der Waals surface area contributed by atoms with Crippen molar-refractivity contribution in [1.29, 1.82) is 0 Å². The van der Waals surface area contributed by atoms with Crippen LogP contribution >= 0.6 is 0 Å². The number of hydrogen-bond acceptors (Lipinski definition) is 4. The van der Waals surface area contributed by atoms with Crippen LogP contribution in [0.15, 0.2) is 42.5 Å². The maximum absolute atomic E-state index is 12.5. The maximum atomic E-state index is 12.5. The van der Waals surface area contributed by atoms with Gasteiger partial charge in [0.25, 0.3) is 17.5 Å². The standard InChI is InChI=1S/C20H24N4O4/c1-13-8-7-10-16(14(13)2)21-19(25)12-23(4)15(3)20(26)22-17-9-5-6-11-18(17)24(27)28/h5-11,15H,12H2,1-4H3,(H,21,25)(H,22,26)/p+1/t15-/m0/s1. The zero-order valence-electron chi connectivity index (χ0n) is 16.4. The Kier molecular flexibility index (Phi) is 6.84. The Bertz CT molecular complexity index is 898. The highest BCUT2D eigenvalue weighted by Gasteiger charge is 2.26. The van der Waals surface area contributed by atoms with Crippen molar-refractivity contribution in [1.82, 2.24) is 0 Å². The average Bonchev–Trinajstić information content (AvgIpc) is 2.65. The topological polar surface area (TPSA) is 106 Å². The van der Waals surface area contributed by atoms with Gasteiger partial charge in [0, 0.05) is 11.8 Å². The van der Waals surface area contributed by atoms with Crippen molar-refractivity contribution in [2.24, 2.45) is 0 Å². The molecule has 0 saturated carbocycles. The summed E-state index contributed by atoms with van der Waals surface area (Å²) in [5.74, 6) is -0.608. The van der Waals surface area contributed by atoms with Crippen LogP contribution in [-0.2, 0) is 9.59 Å². The van der Waals surface area contributed by atoms with E-state index < -0.39 is 16.9 Å². The number of amides is 2. The molecule has 2 rings (SSSR count). The smallest absolute Gasteiger partial charge is 0.292 e. The second kappa shape index (κ2) is 9.09. The van der Waals surface area contributed by atoms with Crippen LogP contribution in [0.3, 0.4) is 0 Å². The molecule has 2 aromatic rings. The predicted octanol–water partition coefficient (Wildman–Crippen LogP) is 1.69. The van der Waals surface area contributed by atoms with Crippen LogP contribution in [0.1, 0.15) is 18.1 Å². The number of carbonyl (C=O) groups is 2. The summed E-state index contributed by atoms with van der Waals surface area (Å²) in [5.41, 5.74) is 2.78. The van der Waals surface area contributed by atoms with Crippen LogP contribution < -0.4 is 15.5 Å². The first-order valence-corrected chi connectivity index (χ1v) is 8.93. The fraction of sp³-hybridized carbons (Fsp3) is 0.300. The van der Waals surface area contributed by atoms with Crippen LogP contribution in [0.4, 0.5) is 17.1 Å². The number of nitrogens with zero attached hydrogens (tertiary/aromatic N) is 1. The second-order valence-electron chi connectivity index (χ2n) is 6.80. The molecule has 0 aromatic heterocycles. The Balaban J connectivity index is 1.99. The molecule has 3 N–H and O–H groups in total. The van der Waals surface area contributed by atoms with Crippen LogP contribution in [0, 0.1) is 24.0 Å². The monoisotopic (exact) mass is 385 g/mol. The van der Waals surface area contributed by atoms with Crippen molar-refractivity contribution in [3.8, 4) is 0 Å². The van der Waals surface area contributed by atoms with Gasteiger partial charge in [-0.2, -0.15) is 0 Å². The molecule has 2 amide bonds. The van der Waals surface area contributed by atoms with E-state index in [9.17, 15) is 19.7 Å². The number of aryl methyl sites for hydroxylation is 1. The highest BCUT2D eigenvalue weighted by Crippen LogP contribution is 2.23. The third kappa shape index (κ3) is 5.14. The number of nitro benzene ring substituents is 1. The number of likely N-dealkylation sites (N-methyl/N-ethyl adjacent to an activating group) is 1. The molecule has 0 aliphatic carbocycles. The molecule has 2 atom stereocenters. The SMILES string of the molecule is Cc1cccc(NC(=O)C[NH+](C)[C@@H](C)C(=O)Nc2ccccc2[N+](=O)[O-])c1C. The summed E-state index contributed by atoms with van der Waals surface area (Å²) in [4.78, 5) is 36.0. The normalized spacial score (nSPS) is 12.7. The summed E-state index contributed by atoms with van der Waals surface area (Å²) in [5, 5.41) is 16.5. The van der Waals surface area contributed by atoms with Gasteiger partial charge in [-0.15, -0.1) is 0 Å². The minimum Gasteiger partial charge on any atom is -0.321 e. The molecule has 0 saturated heterocycles. The molecule has 1 unspecified atom stereocenters. The largest absolute Gasteiger partial charge is 0.321 e. The fourth-order valence-electron chi connectivity index (χ4n) is 2.69. The third-order valence-electron chi connectivity index (χ3n) is 4.81. The number of hydrogen-bond donors (Lipinski definition) is 3. The zero-order valence-corrected chi connectivity index (χ0v) is 16.4. The van der Waals surface area contributed by atoms with E-state index in [1.165, 1.54) is 18.2 Å². The third-order valence-corrected chi connectivity index (χ3v) is 4.81. The van der Waals surface area contributed by atoms with E-state index in [2.05, 4.69) is 10.6 Å². The Morgan fingerprint density at radius 2 is 1.71 bits per heavy atom. The molecule has 2 aromatic carbocycles. The first-order valence-electron chi connectivity index (χ1n) is 8.93. The number of para-hydroxylation sites is 2. The number of anilines is 2. The van der Waals surface area contributed by atoms with Gasteiger partial charge in [0.05, 0.1) is 12.0 Å². The lowest BCUT2D eigenvalue weighted by atomic mass is 10.1. The van der Waals surface area contributed by atoms with Crippen LogP contribution in [-0.4, -0.2) is 36.4 Å². The van der Waals surface area contributed by atoms with Crippen molar-refractivity contribution in [3.05, 3.63) is 63.7 Å². The van der Waals surface area contributed by atoms with Crippen LogP contribution in [0.25, 0.3) is 0 Å². The number of nitrogens with one attached hydrogen (secondary N) is 3. The van der Waals surface area contributed by atoms with E-state index in [0.29, 0.717) is 4.90 Å². The molecule has 0 bridgehead atoms. The number of rotatable bonds is 7. The van der Waals surface area contributed by atoms with Crippen molar-refractivity contribution in [2.75, 3.05) is 24.2 Å². The predicted molar refractivity (Wildman–Crippen MR) is 107 cm³/mol. The van der Waals surface area contributed by atoms with E-state index in [1.54, 1.807) is 20.0 Å². The van der Waals surface area contributed by atoms with Gasteiger partial charge in [0.1, 0.15) is 5.69 Å². The molecule has 0 heterocycles. The van der Waals surface area contributed by atoms with Crippen molar-refractivity contribution < 1.29 is 19.4 Å². The number of benzene rings is 2. The average molecular weight is 385 g/mol. The summed E-state index contributed by atoms with van der Waals surface area (Å²) in [6, 6.07) is 11.0. The minimum absolute atomic E-state index is 0.0822. The zero-order chi connectivity index (χ0) is 20.8. The van der Waals surface area contributed by atoms with Crippen molar-refractivity contribution >= 4 is 28.9 Å². The summed E-state index contributed by atoms with van der Waals surface area (Å²) < 4.78 is 0. The van der Waals surface area contributed by atoms with Crippen LogP contribution in [0.2, 0.25) is 0 Å². The molecular weight excluding hydrogens is 360 g/mol. The molecule has 0 fully saturated rings. The molecule has 8 heteroatoms. The Hall–Kier alpha value is -3.26. The Morgan fingerprint density at radius 1 is 1.07 bits per heavy atom. The summed E-state index contributed by atoms with van der Waals surface area (Å²) in [6.07, 6.45) is 0. The van der Waals surface area contributed by atoms with E-state index in [1.807, 2.05) is 32.0 Å². The number of quaternary nitrogens is 1. The summed E-state index contributed by atoms with van der Waals surface area (Å²) in [6.45, 7) is 5.66. The molecule has 0 aliphatic heterocycles. The van der Waals surface area contributed by atoms with Gasteiger partial charge in [-0.05, 0) is 44.0 Å². The Labute approximate surface area is 163 Å². The summed E-state index contributed by atoms with van der Waals surface area (Å²) >= 11 is 0. The number of nitro groups is 1. The van der Waals surface area contributed by atoms with Crippen LogP contribution in [0.5, 0.6) is 0 Å². The second-order valence-corrected chi connectivity index (χ2v) is 6.80. The lowest BCUT2D eigenvalue weighted by molar-refractivity contribution is -0.885. The fourth-order valence-corrected chi connectivity index (χ4v) is 2.69. The molecule has 8 nitrogen and oxygen atoms in total.